The Morgan fingerprint density at radius 1 is 1.31 bits per heavy atom. The molecule has 1 aliphatic rings. The van der Waals surface area contributed by atoms with Crippen molar-refractivity contribution in [2.75, 3.05) is 33.3 Å². The first-order valence-electron chi connectivity index (χ1n) is 11.0. The summed E-state index contributed by atoms with van der Waals surface area (Å²) in [6.45, 7) is 8.18. The van der Waals surface area contributed by atoms with E-state index < -0.39 is 0 Å². The zero-order valence-electron chi connectivity index (χ0n) is 19.4. The molecule has 32 heavy (non-hydrogen) atoms. The van der Waals surface area contributed by atoms with Crippen molar-refractivity contribution in [2.24, 2.45) is 5.92 Å². The van der Waals surface area contributed by atoms with E-state index in [1.165, 1.54) is 0 Å². The number of amides is 2. The van der Waals surface area contributed by atoms with E-state index in [1.807, 2.05) is 36.1 Å². The van der Waals surface area contributed by atoms with E-state index >= 15 is 0 Å². The fourth-order valence-electron chi connectivity index (χ4n) is 3.81. The lowest BCUT2D eigenvalue weighted by Gasteiger charge is -2.26. The number of benzene rings is 1. The molecule has 2 aromatic rings. The monoisotopic (exact) mass is 459 g/mol. The molecule has 7 nitrogen and oxygen atoms in total. The minimum absolute atomic E-state index is 0.0199. The molecule has 0 bridgehead atoms. The van der Waals surface area contributed by atoms with E-state index in [2.05, 4.69) is 18.8 Å². The van der Waals surface area contributed by atoms with Gasteiger partial charge < -0.3 is 19.3 Å². The Labute approximate surface area is 194 Å². The van der Waals surface area contributed by atoms with Crippen molar-refractivity contribution in [1.29, 1.82) is 0 Å². The first-order chi connectivity index (χ1) is 15.4. The Balaban J connectivity index is 1.67. The van der Waals surface area contributed by atoms with Crippen molar-refractivity contribution in [1.82, 2.24) is 14.8 Å². The molecule has 0 spiro atoms. The van der Waals surface area contributed by atoms with Gasteiger partial charge in [-0.25, -0.2) is 4.98 Å². The molecule has 3 rings (SSSR count). The third kappa shape index (κ3) is 6.77. The largest absolute Gasteiger partial charge is 0.497 e. The van der Waals surface area contributed by atoms with Crippen LogP contribution in [0.15, 0.2) is 29.8 Å². The third-order valence-corrected chi connectivity index (χ3v) is 6.49. The highest BCUT2D eigenvalue weighted by Gasteiger charge is 2.31. The number of carbonyl (C=O) groups excluding carboxylic acids is 2. The minimum atomic E-state index is -0.250. The van der Waals surface area contributed by atoms with Gasteiger partial charge in [-0.3, -0.25) is 9.59 Å². The maximum Gasteiger partial charge on any atom is 0.242 e. The van der Waals surface area contributed by atoms with Gasteiger partial charge in [-0.1, -0.05) is 26.0 Å². The van der Waals surface area contributed by atoms with Crippen LogP contribution in [-0.4, -0.2) is 66.0 Å². The highest BCUT2D eigenvalue weighted by Crippen LogP contribution is 2.18. The summed E-state index contributed by atoms with van der Waals surface area (Å²) < 4.78 is 11.5. The van der Waals surface area contributed by atoms with Crippen molar-refractivity contribution in [3.8, 4) is 5.75 Å². The van der Waals surface area contributed by atoms with Gasteiger partial charge in [0.1, 0.15) is 5.75 Å². The van der Waals surface area contributed by atoms with Gasteiger partial charge in [0.15, 0.2) is 0 Å². The van der Waals surface area contributed by atoms with Gasteiger partial charge in [-0.05, 0) is 37.0 Å². The fraction of sp³-hybridized carbons (Fsp3) is 0.542. The summed E-state index contributed by atoms with van der Waals surface area (Å²) in [6.07, 6.45) is 0.759. The van der Waals surface area contributed by atoms with Crippen LogP contribution >= 0.6 is 11.3 Å². The lowest BCUT2D eigenvalue weighted by atomic mass is 10.2. The number of hydrogen-bond donors (Lipinski definition) is 0. The number of aromatic nitrogens is 1. The number of thiazole rings is 1. The minimum Gasteiger partial charge on any atom is -0.497 e. The van der Waals surface area contributed by atoms with Crippen LogP contribution in [0.5, 0.6) is 5.75 Å². The van der Waals surface area contributed by atoms with Gasteiger partial charge in [0.25, 0.3) is 0 Å². The van der Waals surface area contributed by atoms with Crippen LogP contribution in [0.4, 0.5) is 0 Å². The first-order valence-corrected chi connectivity index (χ1v) is 11.9. The van der Waals surface area contributed by atoms with E-state index in [1.54, 1.807) is 28.9 Å². The molecule has 0 aliphatic carbocycles. The summed E-state index contributed by atoms with van der Waals surface area (Å²) in [4.78, 5) is 34.8. The molecule has 1 aromatic heterocycles. The van der Waals surface area contributed by atoms with Crippen LogP contribution in [0, 0.1) is 12.8 Å². The molecule has 1 saturated heterocycles. The fourth-order valence-corrected chi connectivity index (χ4v) is 4.59. The maximum absolute atomic E-state index is 13.0. The highest BCUT2D eigenvalue weighted by molar-refractivity contribution is 7.09. The Morgan fingerprint density at radius 3 is 2.81 bits per heavy atom. The van der Waals surface area contributed by atoms with E-state index in [0.717, 1.165) is 21.9 Å². The van der Waals surface area contributed by atoms with E-state index in [9.17, 15) is 9.59 Å². The average molecular weight is 460 g/mol. The van der Waals surface area contributed by atoms with E-state index in [0.29, 0.717) is 45.0 Å². The van der Waals surface area contributed by atoms with Gasteiger partial charge in [0.2, 0.25) is 11.8 Å². The van der Waals surface area contributed by atoms with E-state index in [4.69, 9.17) is 9.47 Å². The molecule has 2 heterocycles. The van der Waals surface area contributed by atoms with Gasteiger partial charge in [-0.15, -0.1) is 11.3 Å². The summed E-state index contributed by atoms with van der Waals surface area (Å²) in [5, 5.41) is 0. The summed E-state index contributed by atoms with van der Waals surface area (Å²) in [5.41, 5.74) is 3.77. The van der Waals surface area contributed by atoms with E-state index in [-0.39, 0.29) is 24.5 Å². The molecule has 174 valence electrons. The van der Waals surface area contributed by atoms with Crippen LogP contribution in [0.2, 0.25) is 0 Å². The molecule has 0 N–H and O–H groups in total. The summed E-state index contributed by atoms with van der Waals surface area (Å²) in [7, 11) is 1.64. The second-order valence-electron chi connectivity index (χ2n) is 8.61. The number of aryl methyl sites for hydroxylation is 2. The topological polar surface area (TPSA) is 72.0 Å². The third-order valence-electron chi connectivity index (χ3n) is 5.50. The first kappa shape index (κ1) is 24.2. The molecule has 1 atom stereocenters. The lowest BCUT2D eigenvalue weighted by Crippen LogP contribution is -2.40. The summed E-state index contributed by atoms with van der Waals surface area (Å²) in [5.74, 6) is 1.08. The Hall–Kier alpha value is -2.45. The normalized spacial score (nSPS) is 17.0. The molecule has 1 fully saturated rings. The van der Waals surface area contributed by atoms with Crippen molar-refractivity contribution >= 4 is 23.2 Å². The van der Waals surface area contributed by atoms with Crippen molar-refractivity contribution in [3.63, 3.8) is 0 Å². The highest BCUT2D eigenvalue weighted by atomic mass is 32.1. The SMILES string of the molecule is COc1cccc(COC2CN(C(=O)CCc3scnc3C)CC(=O)N(CC(C)C)C2)c1. The molecular formula is C24H33N3O4S. The lowest BCUT2D eigenvalue weighted by molar-refractivity contribution is -0.139. The second kappa shape index (κ2) is 11.4. The van der Waals surface area contributed by atoms with Crippen molar-refractivity contribution < 1.29 is 19.1 Å². The van der Waals surface area contributed by atoms with Crippen molar-refractivity contribution in [3.05, 3.63) is 45.9 Å². The maximum atomic E-state index is 13.0. The van der Waals surface area contributed by atoms with Crippen LogP contribution in [0.3, 0.4) is 0 Å². The smallest absolute Gasteiger partial charge is 0.242 e. The predicted molar refractivity (Wildman–Crippen MR) is 125 cm³/mol. The molecule has 1 aliphatic heterocycles. The predicted octanol–water partition coefficient (Wildman–Crippen LogP) is 3.30. The van der Waals surface area contributed by atoms with Gasteiger partial charge in [0.05, 0.1) is 37.6 Å². The average Bonchev–Trinajstić information content (AvgIpc) is 3.11. The van der Waals surface area contributed by atoms with Crippen LogP contribution in [0.25, 0.3) is 0 Å². The van der Waals surface area contributed by atoms with Gasteiger partial charge in [0, 0.05) is 30.9 Å². The quantitative estimate of drug-likeness (QED) is 0.575. The molecule has 0 radical (unpaired) electrons. The number of ether oxygens (including phenoxy) is 2. The molecule has 0 saturated carbocycles. The number of methoxy groups -OCH3 is 1. The summed E-state index contributed by atoms with van der Waals surface area (Å²) >= 11 is 1.57. The van der Waals surface area contributed by atoms with Gasteiger partial charge in [-0.2, -0.15) is 0 Å². The number of rotatable bonds is 9. The Kier molecular flexibility index (Phi) is 8.64. The van der Waals surface area contributed by atoms with Crippen LogP contribution < -0.4 is 4.74 Å². The summed E-state index contributed by atoms with van der Waals surface area (Å²) in [6, 6.07) is 7.74. The number of carbonyl (C=O) groups is 2. The Bertz CT molecular complexity index is 914. The van der Waals surface area contributed by atoms with Crippen LogP contribution in [-0.2, 0) is 27.4 Å². The molecule has 1 aromatic carbocycles. The molecular weight excluding hydrogens is 426 g/mol. The molecule has 1 unspecified atom stereocenters. The number of hydrogen-bond acceptors (Lipinski definition) is 6. The van der Waals surface area contributed by atoms with Gasteiger partial charge >= 0.3 is 0 Å². The molecule has 8 heteroatoms. The second-order valence-corrected chi connectivity index (χ2v) is 9.55. The zero-order valence-corrected chi connectivity index (χ0v) is 20.2. The number of nitrogens with zero attached hydrogens (tertiary/aromatic N) is 3. The standard InChI is InChI=1S/C24H33N3O4S/c1-17(2)11-26-12-21(31-15-19-6-5-7-20(10-19)30-4)13-27(14-24(26)29)23(28)9-8-22-18(3)25-16-32-22/h5-7,10,16-17,21H,8-9,11-15H2,1-4H3. The Morgan fingerprint density at radius 2 is 2.12 bits per heavy atom. The zero-order chi connectivity index (χ0) is 23.1. The van der Waals surface area contributed by atoms with Crippen LogP contribution in [0.1, 0.15) is 36.4 Å². The molecule has 2 amide bonds. The van der Waals surface area contributed by atoms with Crippen molar-refractivity contribution in [2.45, 2.75) is 46.3 Å².